The van der Waals surface area contributed by atoms with Crippen LogP contribution < -0.4 is 14.8 Å². The Morgan fingerprint density at radius 3 is 2.33 bits per heavy atom. The number of anilines is 1. The van der Waals surface area contributed by atoms with Crippen LogP contribution in [0.5, 0.6) is 11.8 Å². The molecule has 0 aliphatic carbocycles. The molecule has 6 nitrogen and oxygen atoms in total. The molecule has 0 saturated carbocycles. The highest BCUT2D eigenvalue weighted by molar-refractivity contribution is 5.53. The monoisotopic (exact) mass is 289 g/mol. The maximum atomic E-state index is 9.79. The average molecular weight is 289 g/mol. The summed E-state index contributed by atoms with van der Waals surface area (Å²) in [5, 5.41) is 13.0. The number of nitrogens with one attached hydrogen (secondary N) is 1. The van der Waals surface area contributed by atoms with Crippen molar-refractivity contribution in [2.75, 3.05) is 19.5 Å². The van der Waals surface area contributed by atoms with Gasteiger partial charge in [0, 0.05) is 11.3 Å². The van der Waals surface area contributed by atoms with Crippen molar-refractivity contribution in [3.05, 3.63) is 41.7 Å². The van der Waals surface area contributed by atoms with Crippen molar-refractivity contribution in [3.63, 3.8) is 0 Å². The molecule has 1 heterocycles. The van der Waals surface area contributed by atoms with Crippen LogP contribution in [0.4, 0.5) is 5.69 Å². The van der Waals surface area contributed by atoms with Crippen LogP contribution in [0.2, 0.25) is 0 Å². The van der Waals surface area contributed by atoms with Crippen molar-refractivity contribution in [3.8, 4) is 11.8 Å². The van der Waals surface area contributed by atoms with E-state index in [-0.39, 0.29) is 0 Å². The van der Waals surface area contributed by atoms with Crippen molar-refractivity contribution in [1.82, 2.24) is 9.97 Å². The first-order valence-corrected chi connectivity index (χ1v) is 6.60. The zero-order valence-corrected chi connectivity index (χ0v) is 12.3. The van der Waals surface area contributed by atoms with E-state index in [1.54, 1.807) is 21.1 Å². The van der Waals surface area contributed by atoms with Gasteiger partial charge in [-0.05, 0) is 13.0 Å². The molecule has 1 atom stereocenters. The van der Waals surface area contributed by atoms with E-state index < -0.39 is 6.10 Å². The highest BCUT2D eigenvalue weighted by Gasteiger charge is 2.14. The molecule has 0 aliphatic heterocycles. The van der Waals surface area contributed by atoms with Crippen molar-refractivity contribution in [2.24, 2.45) is 0 Å². The molecule has 1 unspecified atom stereocenters. The number of benzene rings is 1. The standard InChI is InChI=1S/C15H19N3O3/c1-10(19)11-6-4-5-7-13(11)16-8-12-14(20-2)17-9-18-15(12)21-3/h4-7,9-10,16,19H,8H2,1-3H3. The van der Waals surface area contributed by atoms with Crippen molar-refractivity contribution in [1.29, 1.82) is 0 Å². The second-order valence-corrected chi connectivity index (χ2v) is 4.49. The zero-order chi connectivity index (χ0) is 15.2. The van der Waals surface area contributed by atoms with Crippen molar-refractivity contribution >= 4 is 5.69 Å². The van der Waals surface area contributed by atoms with E-state index in [9.17, 15) is 5.11 Å². The predicted octanol–water partition coefficient (Wildman–Crippen LogP) is 2.16. The van der Waals surface area contributed by atoms with Crippen LogP contribution >= 0.6 is 0 Å². The average Bonchev–Trinajstić information content (AvgIpc) is 2.52. The van der Waals surface area contributed by atoms with Crippen LogP contribution in [-0.2, 0) is 6.54 Å². The van der Waals surface area contributed by atoms with E-state index in [1.807, 2.05) is 24.3 Å². The summed E-state index contributed by atoms with van der Waals surface area (Å²) in [5.41, 5.74) is 2.40. The number of para-hydroxylation sites is 1. The van der Waals surface area contributed by atoms with E-state index in [1.165, 1.54) is 6.33 Å². The van der Waals surface area contributed by atoms with Gasteiger partial charge in [-0.25, -0.2) is 9.97 Å². The fourth-order valence-corrected chi connectivity index (χ4v) is 2.09. The van der Waals surface area contributed by atoms with Gasteiger partial charge in [0.1, 0.15) is 6.33 Å². The van der Waals surface area contributed by atoms with Crippen LogP contribution in [-0.4, -0.2) is 29.3 Å². The lowest BCUT2D eigenvalue weighted by molar-refractivity contribution is 0.200. The smallest absolute Gasteiger partial charge is 0.225 e. The second kappa shape index (κ2) is 6.90. The van der Waals surface area contributed by atoms with Gasteiger partial charge >= 0.3 is 0 Å². The first-order valence-electron chi connectivity index (χ1n) is 6.60. The quantitative estimate of drug-likeness (QED) is 0.848. The molecule has 2 aromatic rings. The molecule has 6 heteroatoms. The molecule has 0 radical (unpaired) electrons. The normalized spacial score (nSPS) is 11.8. The summed E-state index contributed by atoms with van der Waals surface area (Å²) >= 11 is 0. The van der Waals surface area contributed by atoms with Crippen LogP contribution in [0.3, 0.4) is 0 Å². The lowest BCUT2D eigenvalue weighted by atomic mass is 10.1. The van der Waals surface area contributed by atoms with E-state index in [0.717, 1.165) is 16.8 Å². The Labute approximate surface area is 123 Å². The molecule has 0 amide bonds. The number of rotatable bonds is 6. The van der Waals surface area contributed by atoms with E-state index in [0.29, 0.717) is 18.3 Å². The largest absolute Gasteiger partial charge is 0.481 e. The third kappa shape index (κ3) is 3.41. The highest BCUT2D eigenvalue weighted by atomic mass is 16.5. The summed E-state index contributed by atoms with van der Waals surface area (Å²) in [4.78, 5) is 8.15. The van der Waals surface area contributed by atoms with Crippen molar-refractivity contribution < 1.29 is 14.6 Å². The Balaban J connectivity index is 2.24. The fraction of sp³-hybridized carbons (Fsp3) is 0.333. The molecule has 2 N–H and O–H groups in total. The van der Waals surface area contributed by atoms with Crippen LogP contribution in [0.1, 0.15) is 24.2 Å². The lowest BCUT2D eigenvalue weighted by Crippen LogP contribution is -2.08. The number of methoxy groups -OCH3 is 2. The molecule has 0 aliphatic rings. The molecule has 1 aromatic carbocycles. The second-order valence-electron chi connectivity index (χ2n) is 4.49. The summed E-state index contributed by atoms with van der Waals surface area (Å²) in [5.74, 6) is 0.924. The molecule has 0 fully saturated rings. The predicted molar refractivity (Wildman–Crippen MR) is 79.5 cm³/mol. The number of aliphatic hydroxyl groups is 1. The molecule has 1 aromatic heterocycles. The fourth-order valence-electron chi connectivity index (χ4n) is 2.09. The first-order chi connectivity index (χ1) is 10.2. The van der Waals surface area contributed by atoms with Crippen LogP contribution in [0.25, 0.3) is 0 Å². The molecule has 21 heavy (non-hydrogen) atoms. The SMILES string of the molecule is COc1ncnc(OC)c1CNc1ccccc1C(C)O. The van der Waals surface area contributed by atoms with Gasteiger partial charge < -0.3 is 19.9 Å². The van der Waals surface area contributed by atoms with Gasteiger partial charge in [0.25, 0.3) is 0 Å². The lowest BCUT2D eigenvalue weighted by Gasteiger charge is -2.16. The number of hydrogen-bond donors (Lipinski definition) is 2. The Morgan fingerprint density at radius 2 is 1.76 bits per heavy atom. The van der Waals surface area contributed by atoms with Gasteiger partial charge in [-0.1, -0.05) is 18.2 Å². The Kier molecular flexibility index (Phi) is 4.94. The molecule has 0 spiro atoms. The van der Waals surface area contributed by atoms with E-state index in [4.69, 9.17) is 9.47 Å². The van der Waals surface area contributed by atoms with E-state index >= 15 is 0 Å². The highest BCUT2D eigenvalue weighted by Crippen LogP contribution is 2.27. The van der Waals surface area contributed by atoms with Crippen LogP contribution in [0, 0.1) is 0 Å². The number of ether oxygens (including phenoxy) is 2. The number of aromatic nitrogens is 2. The Bertz CT molecular complexity index is 580. The number of hydrogen-bond acceptors (Lipinski definition) is 6. The Hall–Kier alpha value is -2.34. The summed E-state index contributed by atoms with van der Waals surface area (Å²) in [6, 6.07) is 7.58. The number of nitrogens with zero attached hydrogens (tertiary/aromatic N) is 2. The summed E-state index contributed by atoms with van der Waals surface area (Å²) in [7, 11) is 3.10. The van der Waals surface area contributed by atoms with Gasteiger partial charge in [0.15, 0.2) is 0 Å². The summed E-state index contributed by atoms with van der Waals surface area (Å²) in [6.45, 7) is 2.16. The minimum absolute atomic E-state index is 0.428. The molecule has 0 bridgehead atoms. The maximum Gasteiger partial charge on any atom is 0.225 e. The zero-order valence-electron chi connectivity index (χ0n) is 12.3. The summed E-state index contributed by atoms with van der Waals surface area (Å²) in [6.07, 6.45) is 0.842. The first kappa shape index (κ1) is 15.1. The molecule has 112 valence electrons. The number of aliphatic hydroxyl groups excluding tert-OH is 1. The molecular weight excluding hydrogens is 270 g/mol. The van der Waals surface area contributed by atoms with Gasteiger partial charge in [-0.15, -0.1) is 0 Å². The third-order valence-corrected chi connectivity index (χ3v) is 3.12. The van der Waals surface area contributed by atoms with Gasteiger partial charge in [-0.2, -0.15) is 0 Å². The maximum absolute atomic E-state index is 9.79. The Morgan fingerprint density at radius 1 is 1.14 bits per heavy atom. The van der Waals surface area contributed by atoms with Crippen molar-refractivity contribution in [2.45, 2.75) is 19.6 Å². The van der Waals surface area contributed by atoms with Gasteiger partial charge in [0.2, 0.25) is 11.8 Å². The van der Waals surface area contributed by atoms with Gasteiger partial charge in [-0.3, -0.25) is 0 Å². The van der Waals surface area contributed by atoms with E-state index in [2.05, 4.69) is 15.3 Å². The molecule has 2 rings (SSSR count). The molecule has 0 saturated heterocycles. The molecular formula is C15H19N3O3. The third-order valence-electron chi connectivity index (χ3n) is 3.12. The topological polar surface area (TPSA) is 76.5 Å². The van der Waals surface area contributed by atoms with Gasteiger partial charge in [0.05, 0.1) is 32.4 Å². The minimum atomic E-state index is -0.551. The summed E-state index contributed by atoms with van der Waals surface area (Å²) < 4.78 is 10.5. The minimum Gasteiger partial charge on any atom is -0.481 e. The van der Waals surface area contributed by atoms with Crippen LogP contribution in [0.15, 0.2) is 30.6 Å².